The van der Waals surface area contributed by atoms with Gasteiger partial charge in [-0.15, -0.1) is 0 Å². The van der Waals surface area contributed by atoms with E-state index >= 15 is 0 Å². The number of carbonyl (C=O) groups excluding carboxylic acids is 1. The summed E-state index contributed by atoms with van der Waals surface area (Å²) in [5.41, 5.74) is 0.212. The standard InChI is InChI=1S/C21H33N3O4S/c1-17-6-5-9-23(15-17)21(2,3)16-22-20(25)18-7-4-8-19(14-18)29(26,27)24-10-12-28-13-11-24/h4,7-8,14,17H,5-6,9-13,15-16H2,1-3H3,(H,22,25). The molecule has 0 spiro atoms. The van der Waals surface area contributed by atoms with Crippen molar-refractivity contribution in [3.05, 3.63) is 29.8 Å². The minimum atomic E-state index is -3.62. The highest BCUT2D eigenvalue weighted by Gasteiger charge is 2.31. The molecule has 7 nitrogen and oxygen atoms in total. The molecule has 1 atom stereocenters. The number of amides is 1. The van der Waals surface area contributed by atoms with Crippen LogP contribution in [0.5, 0.6) is 0 Å². The van der Waals surface area contributed by atoms with Gasteiger partial charge in [-0.05, 0) is 57.4 Å². The molecular weight excluding hydrogens is 390 g/mol. The normalized spacial score (nSPS) is 22.4. The van der Waals surface area contributed by atoms with Gasteiger partial charge in [0, 0.05) is 37.3 Å². The van der Waals surface area contributed by atoms with E-state index in [1.165, 1.54) is 23.2 Å². The first kappa shape index (κ1) is 22.2. The van der Waals surface area contributed by atoms with Crippen molar-refractivity contribution in [2.45, 2.75) is 44.0 Å². The Balaban J connectivity index is 1.66. The van der Waals surface area contributed by atoms with Gasteiger partial charge in [0.2, 0.25) is 10.0 Å². The number of nitrogens with one attached hydrogen (secondary N) is 1. The van der Waals surface area contributed by atoms with Crippen molar-refractivity contribution in [3.63, 3.8) is 0 Å². The molecule has 8 heteroatoms. The Morgan fingerprint density at radius 3 is 2.66 bits per heavy atom. The number of rotatable bonds is 6. The fraction of sp³-hybridized carbons (Fsp3) is 0.667. The molecule has 0 bridgehead atoms. The summed E-state index contributed by atoms with van der Waals surface area (Å²) in [4.78, 5) is 15.3. The molecule has 2 aliphatic heterocycles. The summed E-state index contributed by atoms with van der Waals surface area (Å²) < 4.78 is 32.3. The van der Waals surface area contributed by atoms with Crippen LogP contribution in [0.25, 0.3) is 0 Å². The SMILES string of the molecule is CC1CCCN(C(C)(C)CNC(=O)c2cccc(S(=O)(=O)N3CCOCC3)c2)C1. The Kier molecular flexibility index (Phi) is 6.98. The van der Waals surface area contributed by atoms with Crippen molar-refractivity contribution in [3.8, 4) is 0 Å². The average molecular weight is 424 g/mol. The van der Waals surface area contributed by atoms with Crippen LogP contribution in [-0.2, 0) is 14.8 Å². The van der Waals surface area contributed by atoms with Crippen LogP contribution >= 0.6 is 0 Å². The van der Waals surface area contributed by atoms with Gasteiger partial charge in [0.1, 0.15) is 0 Å². The minimum Gasteiger partial charge on any atom is -0.379 e. The van der Waals surface area contributed by atoms with Gasteiger partial charge in [-0.25, -0.2) is 8.42 Å². The summed E-state index contributed by atoms with van der Waals surface area (Å²) in [6.07, 6.45) is 2.43. The number of benzene rings is 1. The number of nitrogens with zero attached hydrogens (tertiary/aromatic N) is 2. The Morgan fingerprint density at radius 1 is 1.24 bits per heavy atom. The molecule has 1 unspecified atom stereocenters. The topological polar surface area (TPSA) is 79.0 Å². The second kappa shape index (κ2) is 9.12. The number of likely N-dealkylation sites (tertiary alicyclic amines) is 1. The molecule has 3 rings (SSSR count). The highest BCUT2D eigenvalue weighted by atomic mass is 32.2. The molecule has 2 heterocycles. The van der Waals surface area contributed by atoms with Gasteiger partial charge in [0.25, 0.3) is 5.91 Å². The lowest BCUT2D eigenvalue weighted by Crippen LogP contribution is -2.54. The first-order valence-electron chi connectivity index (χ1n) is 10.4. The van der Waals surface area contributed by atoms with E-state index in [9.17, 15) is 13.2 Å². The van der Waals surface area contributed by atoms with Gasteiger partial charge in [0.05, 0.1) is 18.1 Å². The number of morpholine rings is 1. The zero-order chi connectivity index (χ0) is 21.1. The highest BCUT2D eigenvalue weighted by Crippen LogP contribution is 2.24. The maximum Gasteiger partial charge on any atom is 0.251 e. The van der Waals surface area contributed by atoms with Crippen LogP contribution in [0.2, 0.25) is 0 Å². The van der Waals surface area contributed by atoms with E-state index < -0.39 is 10.0 Å². The monoisotopic (exact) mass is 423 g/mol. The minimum absolute atomic E-state index is 0.149. The van der Waals surface area contributed by atoms with Crippen LogP contribution in [0, 0.1) is 5.92 Å². The number of piperidine rings is 1. The van der Waals surface area contributed by atoms with Crippen molar-refractivity contribution in [1.29, 1.82) is 0 Å². The lowest BCUT2D eigenvalue weighted by molar-refractivity contribution is 0.0657. The van der Waals surface area contributed by atoms with E-state index in [1.54, 1.807) is 18.2 Å². The third kappa shape index (κ3) is 5.36. The van der Waals surface area contributed by atoms with Crippen LogP contribution < -0.4 is 5.32 Å². The van der Waals surface area contributed by atoms with Crippen molar-refractivity contribution >= 4 is 15.9 Å². The van der Waals surface area contributed by atoms with Crippen LogP contribution in [-0.4, -0.2) is 75.0 Å². The molecule has 1 amide bonds. The third-order valence-corrected chi connectivity index (χ3v) is 7.79. The first-order valence-corrected chi connectivity index (χ1v) is 11.9. The maximum atomic E-state index is 12.8. The second-order valence-electron chi connectivity index (χ2n) is 8.73. The number of sulfonamides is 1. The molecule has 29 heavy (non-hydrogen) atoms. The van der Waals surface area contributed by atoms with Gasteiger partial charge < -0.3 is 10.1 Å². The molecule has 0 aliphatic carbocycles. The molecule has 162 valence electrons. The summed E-state index contributed by atoms with van der Waals surface area (Å²) in [5.74, 6) is 0.419. The van der Waals surface area contributed by atoms with Gasteiger partial charge in [-0.2, -0.15) is 4.31 Å². The smallest absolute Gasteiger partial charge is 0.251 e. The zero-order valence-electron chi connectivity index (χ0n) is 17.7. The summed E-state index contributed by atoms with van der Waals surface area (Å²) in [6, 6.07) is 6.29. The van der Waals surface area contributed by atoms with Gasteiger partial charge in [-0.3, -0.25) is 9.69 Å². The highest BCUT2D eigenvalue weighted by molar-refractivity contribution is 7.89. The molecular formula is C21H33N3O4S. The predicted octanol–water partition coefficient (Wildman–Crippen LogP) is 1.95. The van der Waals surface area contributed by atoms with Gasteiger partial charge in [-0.1, -0.05) is 13.0 Å². The van der Waals surface area contributed by atoms with E-state index in [0.29, 0.717) is 44.3 Å². The fourth-order valence-electron chi connectivity index (χ4n) is 3.98. The molecule has 1 aromatic rings. The van der Waals surface area contributed by atoms with Crippen LogP contribution in [0.1, 0.15) is 44.0 Å². The van der Waals surface area contributed by atoms with Crippen molar-refractivity contribution < 1.29 is 17.9 Å². The van der Waals surface area contributed by atoms with Crippen LogP contribution in [0.15, 0.2) is 29.2 Å². The molecule has 0 aromatic heterocycles. The van der Waals surface area contributed by atoms with Gasteiger partial charge >= 0.3 is 0 Å². The first-order chi connectivity index (χ1) is 13.7. The molecule has 0 saturated carbocycles. The molecule has 2 fully saturated rings. The Labute approximate surface area is 174 Å². The van der Waals surface area contributed by atoms with Gasteiger partial charge in [0.15, 0.2) is 0 Å². The molecule has 2 aliphatic rings. The summed E-state index contributed by atoms with van der Waals surface area (Å²) in [7, 11) is -3.62. The number of ether oxygens (including phenoxy) is 1. The third-order valence-electron chi connectivity index (χ3n) is 5.90. The van der Waals surface area contributed by atoms with E-state index in [1.807, 2.05) is 0 Å². The molecule has 1 N–H and O–H groups in total. The van der Waals surface area contributed by atoms with Crippen LogP contribution in [0.3, 0.4) is 0 Å². The number of hydrogen-bond acceptors (Lipinski definition) is 5. The lowest BCUT2D eigenvalue weighted by atomic mass is 9.93. The van der Waals surface area contributed by atoms with E-state index in [2.05, 4.69) is 31.0 Å². The Bertz CT molecular complexity index is 819. The summed E-state index contributed by atoms with van der Waals surface area (Å²) in [5, 5.41) is 3.00. The molecule has 1 aromatic carbocycles. The number of carbonyl (C=O) groups is 1. The Hall–Kier alpha value is -1.48. The average Bonchev–Trinajstić information content (AvgIpc) is 2.73. The molecule has 2 saturated heterocycles. The zero-order valence-corrected chi connectivity index (χ0v) is 18.5. The quantitative estimate of drug-likeness (QED) is 0.757. The van der Waals surface area contributed by atoms with E-state index in [0.717, 1.165) is 13.1 Å². The largest absolute Gasteiger partial charge is 0.379 e. The summed E-state index contributed by atoms with van der Waals surface area (Å²) >= 11 is 0. The van der Waals surface area contributed by atoms with Crippen molar-refractivity contribution in [1.82, 2.24) is 14.5 Å². The van der Waals surface area contributed by atoms with E-state index in [4.69, 9.17) is 4.74 Å². The van der Waals surface area contributed by atoms with E-state index in [-0.39, 0.29) is 16.3 Å². The second-order valence-corrected chi connectivity index (χ2v) is 10.7. The summed E-state index contributed by atoms with van der Waals surface area (Å²) in [6.45, 7) is 10.6. The van der Waals surface area contributed by atoms with Crippen molar-refractivity contribution in [2.24, 2.45) is 5.92 Å². The number of hydrogen-bond donors (Lipinski definition) is 1. The lowest BCUT2D eigenvalue weighted by Gasteiger charge is -2.43. The predicted molar refractivity (Wildman–Crippen MR) is 112 cm³/mol. The fourth-order valence-corrected chi connectivity index (χ4v) is 5.44. The van der Waals surface area contributed by atoms with Crippen molar-refractivity contribution in [2.75, 3.05) is 45.9 Å². The van der Waals surface area contributed by atoms with Crippen LogP contribution in [0.4, 0.5) is 0 Å². The maximum absolute atomic E-state index is 12.8. The molecule has 0 radical (unpaired) electrons. The Morgan fingerprint density at radius 2 is 1.97 bits per heavy atom.